The molecule has 0 saturated carbocycles. The summed E-state index contributed by atoms with van der Waals surface area (Å²) in [6.45, 7) is -0.220. The summed E-state index contributed by atoms with van der Waals surface area (Å²) in [5.41, 5.74) is 1.43. The first kappa shape index (κ1) is 16.2. The third-order valence-electron chi connectivity index (χ3n) is 3.31. The highest BCUT2D eigenvalue weighted by molar-refractivity contribution is 7.89. The van der Waals surface area contributed by atoms with Crippen molar-refractivity contribution in [3.63, 3.8) is 0 Å². The summed E-state index contributed by atoms with van der Waals surface area (Å²) in [4.78, 5) is 11.6. The molecule has 0 unspecified atom stereocenters. The first-order chi connectivity index (χ1) is 10.5. The van der Waals surface area contributed by atoms with Crippen LogP contribution in [0.15, 0.2) is 59.5 Å². The molecule has 0 saturated heterocycles. The maximum atomic E-state index is 12.7. The highest BCUT2D eigenvalue weighted by Gasteiger charge is 2.25. The second-order valence-corrected chi connectivity index (χ2v) is 6.81. The lowest BCUT2D eigenvalue weighted by molar-refractivity contribution is -0.120. The zero-order valence-electron chi connectivity index (χ0n) is 12.5. The fourth-order valence-electron chi connectivity index (χ4n) is 2.08. The number of carbonyl (C=O) groups excluding carboxylic acids is 1. The molecule has 2 rings (SSSR count). The van der Waals surface area contributed by atoms with E-state index in [0.717, 1.165) is 9.87 Å². The zero-order valence-corrected chi connectivity index (χ0v) is 13.3. The van der Waals surface area contributed by atoms with Gasteiger partial charge in [0.2, 0.25) is 15.9 Å². The van der Waals surface area contributed by atoms with Gasteiger partial charge in [-0.15, -0.1) is 0 Å². The summed E-state index contributed by atoms with van der Waals surface area (Å²) in [6.07, 6.45) is 0. The van der Waals surface area contributed by atoms with Crippen LogP contribution in [0.5, 0.6) is 0 Å². The number of carbonyl (C=O) groups is 1. The van der Waals surface area contributed by atoms with Gasteiger partial charge in [-0.1, -0.05) is 48.5 Å². The molecule has 0 heterocycles. The van der Waals surface area contributed by atoms with E-state index in [0.29, 0.717) is 5.56 Å². The van der Waals surface area contributed by atoms with Gasteiger partial charge in [-0.05, 0) is 11.6 Å². The van der Waals surface area contributed by atoms with Crippen LogP contribution in [0, 0.1) is 0 Å². The van der Waals surface area contributed by atoms with Gasteiger partial charge in [0.25, 0.3) is 0 Å². The van der Waals surface area contributed by atoms with Crippen LogP contribution >= 0.6 is 0 Å². The molecule has 0 bridgehead atoms. The smallest absolute Gasteiger partial charge is 0.243 e. The van der Waals surface area contributed by atoms with Crippen molar-refractivity contribution in [2.75, 3.05) is 20.6 Å². The van der Waals surface area contributed by atoms with E-state index in [9.17, 15) is 13.2 Å². The average Bonchev–Trinajstić information content (AvgIpc) is 2.55. The summed E-state index contributed by atoms with van der Waals surface area (Å²) in [5.74, 6) is -0.358. The van der Waals surface area contributed by atoms with Crippen molar-refractivity contribution >= 4 is 15.9 Å². The molecule has 5 nitrogen and oxygen atoms in total. The Morgan fingerprint density at radius 1 is 1.05 bits per heavy atom. The molecule has 22 heavy (non-hydrogen) atoms. The molecule has 0 spiro atoms. The van der Waals surface area contributed by atoms with Crippen LogP contribution in [0.1, 0.15) is 0 Å². The maximum Gasteiger partial charge on any atom is 0.243 e. The van der Waals surface area contributed by atoms with E-state index in [1.54, 1.807) is 24.3 Å². The van der Waals surface area contributed by atoms with E-state index in [-0.39, 0.29) is 17.3 Å². The number of rotatable bonds is 5. The van der Waals surface area contributed by atoms with Crippen LogP contribution in [0.3, 0.4) is 0 Å². The predicted octanol–water partition coefficient (Wildman–Crippen LogP) is 1.72. The molecule has 0 aliphatic carbocycles. The molecule has 6 heteroatoms. The molecule has 0 atom stereocenters. The summed E-state index contributed by atoms with van der Waals surface area (Å²) in [5, 5.41) is 2.42. The van der Waals surface area contributed by atoms with Gasteiger partial charge in [-0.2, -0.15) is 4.31 Å². The topological polar surface area (TPSA) is 66.5 Å². The number of amides is 1. The van der Waals surface area contributed by atoms with Crippen LogP contribution < -0.4 is 5.32 Å². The van der Waals surface area contributed by atoms with Gasteiger partial charge in [0, 0.05) is 19.7 Å². The molecule has 1 amide bonds. The van der Waals surface area contributed by atoms with E-state index < -0.39 is 10.0 Å². The molecule has 0 fully saturated rings. The Morgan fingerprint density at radius 3 is 2.27 bits per heavy atom. The Balaban J connectivity index is 2.47. The van der Waals surface area contributed by atoms with E-state index in [1.807, 2.05) is 30.3 Å². The zero-order chi connectivity index (χ0) is 16.2. The van der Waals surface area contributed by atoms with Crippen molar-refractivity contribution in [2.24, 2.45) is 0 Å². The normalized spacial score (nSPS) is 11.4. The first-order valence-electron chi connectivity index (χ1n) is 6.78. The number of hydrogen-bond donors (Lipinski definition) is 1. The Bertz CT molecular complexity index is 758. The summed E-state index contributed by atoms with van der Waals surface area (Å²) >= 11 is 0. The summed E-state index contributed by atoms with van der Waals surface area (Å²) < 4.78 is 26.5. The number of nitrogens with one attached hydrogen (secondary N) is 1. The molecule has 116 valence electrons. The van der Waals surface area contributed by atoms with Crippen molar-refractivity contribution in [3.05, 3.63) is 54.6 Å². The summed E-state index contributed by atoms with van der Waals surface area (Å²) in [7, 11) is -0.882. The molecular formula is C16H18N2O3S. The number of likely N-dealkylation sites (N-methyl/N-ethyl adjacent to an activating group) is 2. The monoisotopic (exact) mass is 318 g/mol. The van der Waals surface area contributed by atoms with Crippen molar-refractivity contribution < 1.29 is 13.2 Å². The minimum Gasteiger partial charge on any atom is -0.358 e. The number of hydrogen-bond acceptors (Lipinski definition) is 3. The molecule has 0 radical (unpaired) electrons. The van der Waals surface area contributed by atoms with Crippen LogP contribution in [-0.2, 0) is 14.8 Å². The Kier molecular flexibility index (Phi) is 4.95. The Hall–Kier alpha value is -2.18. The summed E-state index contributed by atoms with van der Waals surface area (Å²) in [6, 6.07) is 16.1. The van der Waals surface area contributed by atoms with Crippen LogP contribution in [0.4, 0.5) is 0 Å². The minimum atomic E-state index is -3.75. The molecule has 0 aromatic heterocycles. The Morgan fingerprint density at radius 2 is 1.64 bits per heavy atom. The second-order valence-electron chi connectivity index (χ2n) is 4.80. The largest absolute Gasteiger partial charge is 0.358 e. The van der Waals surface area contributed by atoms with E-state index >= 15 is 0 Å². The molecule has 0 aliphatic rings. The van der Waals surface area contributed by atoms with Crippen molar-refractivity contribution in [2.45, 2.75) is 4.90 Å². The molecule has 2 aromatic rings. The van der Waals surface area contributed by atoms with Crippen LogP contribution in [0.25, 0.3) is 11.1 Å². The maximum absolute atomic E-state index is 12.7. The van der Waals surface area contributed by atoms with Crippen LogP contribution in [0.2, 0.25) is 0 Å². The highest BCUT2D eigenvalue weighted by Crippen LogP contribution is 2.28. The van der Waals surface area contributed by atoms with Crippen molar-refractivity contribution in [1.29, 1.82) is 0 Å². The van der Waals surface area contributed by atoms with Gasteiger partial charge in [0.05, 0.1) is 11.4 Å². The SMILES string of the molecule is CNC(=O)CN(C)S(=O)(=O)c1ccccc1-c1ccccc1. The fourth-order valence-corrected chi connectivity index (χ4v) is 3.42. The van der Waals surface area contributed by atoms with Gasteiger partial charge >= 0.3 is 0 Å². The highest BCUT2D eigenvalue weighted by atomic mass is 32.2. The van der Waals surface area contributed by atoms with E-state index in [4.69, 9.17) is 0 Å². The quantitative estimate of drug-likeness (QED) is 0.913. The van der Waals surface area contributed by atoms with Crippen molar-refractivity contribution in [3.8, 4) is 11.1 Å². The van der Waals surface area contributed by atoms with E-state index in [2.05, 4.69) is 5.32 Å². The average molecular weight is 318 g/mol. The second kappa shape index (κ2) is 6.72. The van der Waals surface area contributed by atoms with Crippen LogP contribution in [-0.4, -0.2) is 39.3 Å². The first-order valence-corrected chi connectivity index (χ1v) is 8.22. The van der Waals surface area contributed by atoms with Crippen molar-refractivity contribution in [1.82, 2.24) is 9.62 Å². The Labute approximate surface area is 130 Å². The number of nitrogens with zero attached hydrogens (tertiary/aromatic N) is 1. The molecular weight excluding hydrogens is 300 g/mol. The fraction of sp³-hybridized carbons (Fsp3) is 0.188. The number of sulfonamides is 1. The lowest BCUT2D eigenvalue weighted by Crippen LogP contribution is -2.37. The third kappa shape index (κ3) is 3.35. The predicted molar refractivity (Wildman–Crippen MR) is 85.8 cm³/mol. The minimum absolute atomic E-state index is 0.188. The van der Waals surface area contributed by atoms with E-state index in [1.165, 1.54) is 14.1 Å². The third-order valence-corrected chi connectivity index (χ3v) is 5.17. The molecule has 2 aromatic carbocycles. The molecule has 1 N–H and O–H groups in total. The van der Waals surface area contributed by atoms with Gasteiger partial charge in [0.1, 0.15) is 0 Å². The lowest BCUT2D eigenvalue weighted by atomic mass is 10.1. The van der Waals surface area contributed by atoms with Gasteiger partial charge < -0.3 is 5.32 Å². The van der Waals surface area contributed by atoms with Gasteiger partial charge in [-0.3, -0.25) is 4.79 Å². The lowest BCUT2D eigenvalue weighted by Gasteiger charge is -2.18. The standard InChI is InChI=1S/C16H18N2O3S/c1-17-16(19)12-18(2)22(20,21)15-11-7-6-10-14(15)13-8-4-3-5-9-13/h3-11H,12H2,1-2H3,(H,17,19). The molecule has 0 aliphatic heterocycles. The van der Waals surface area contributed by atoms with Gasteiger partial charge in [-0.25, -0.2) is 8.42 Å². The van der Waals surface area contributed by atoms with Gasteiger partial charge in [0.15, 0.2) is 0 Å². The number of benzene rings is 2.